The van der Waals surface area contributed by atoms with Crippen molar-refractivity contribution in [1.82, 2.24) is 40.4 Å². The third-order valence-electron chi connectivity index (χ3n) is 17.3. The number of nitrogens with one attached hydrogen (secondary N) is 4. The van der Waals surface area contributed by atoms with Gasteiger partial charge in [0.2, 0.25) is 23.7 Å². The number of aromatic nitrogens is 4. The quantitative estimate of drug-likeness (QED) is 0.0946. The van der Waals surface area contributed by atoms with Crippen molar-refractivity contribution in [3.63, 3.8) is 0 Å². The van der Waals surface area contributed by atoms with Crippen LogP contribution in [0, 0.1) is 35.5 Å². The second kappa shape index (κ2) is 18.2. The van der Waals surface area contributed by atoms with Gasteiger partial charge in [-0.1, -0.05) is 62.4 Å². The molecule has 2 saturated heterocycles. The van der Waals surface area contributed by atoms with Crippen LogP contribution in [0.3, 0.4) is 0 Å². The second-order valence-electron chi connectivity index (χ2n) is 21.4. The van der Waals surface area contributed by atoms with E-state index in [0.717, 1.165) is 44.4 Å². The fourth-order valence-electron chi connectivity index (χ4n) is 12.9. The summed E-state index contributed by atoms with van der Waals surface area (Å²) in [7, 11) is 2.45. The standard InChI is InChI=1S/C54H60F4N8O6/c1-27-37-23-41(65(45(27)37)49(67)43(63-51(69)71-3)31-13-17-53(55,56)18-14-31)47-59-25-39(61-47)30-7-5-29(6-8-30)33-9-10-35-22-36(12-11-34(35)21-33)40-26-60-48(62-40)42-24-38-28(2)46(38)66(42)50(68)44(64-52(70)72-4)32-15-19-54(57,58)20-16-32/h5-12,21-22,25-28,31-32,37-38,41-46H,13-20,23-24H2,1-4H3,(H,59,61)(H,60,62)(H,63,69)(H,64,70)/t27-,28-,37+,38+,41+,42+,43+,44+,45-,46-/m1/s1. The number of fused-ring (bicyclic) bond motifs is 3. The Hall–Kier alpha value is -6.46. The molecule has 10 atom stereocenters. The molecule has 4 amide bonds. The highest BCUT2D eigenvalue weighted by atomic mass is 19.3. The van der Waals surface area contributed by atoms with Crippen LogP contribution in [-0.2, 0) is 19.1 Å². The van der Waals surface area contributed by atoms with Gasteiger partial charge < -0.3 is 39.9 Å². The minimum Gasteiger partial charge on any atom is -0.453 e. The molecule has 0 bridgehead atoms. The molecule has 4 saturated carbocycles. The average molecular weight is 993 g/mol. The molecule has 14 nitrogen and oxygen atoms in total. The summed E-state index contributed by atoms with van der Waals surface area (Å²) in [5, 5.41) is 7.47. The number of alkyl halides is 4. The van der Waals surface area contributed by atoms with Crippen molar-refractivity contribution in [3.05, 3.63) is 84.7 Å². The molecule has 4 heterocycles. The summed E-state index contributed by atoms with van der Waals surface area (Å²) >= 11 is 0. The van der Waals surface area contributed by atoms with E-state index in [1.807, 2.05) is 28.0 Å². The van der Waals surface area contributed by atoms with Gasteiger partial charge >= 0.3 is 12.2 Å². The Kier molecular flexibility index (Phi) is 12.1. The monoisotopic (exact) mass is 992 g/mol. The highest BCUT2D eigenvalue weighted by Crippen LogP contribution is 2.59. The number of nitrogens with zero attached hydrogens (tertiary/aromatic N) is 4. The van der Waals surface area contributed by atoms with E-state index in [1.54, 1.807) is 12.4 Å². The van der Waals surface area contributed by atoms with Crippen LogP contribution in [0.1, 0.15) is 102 Å². The van der Waals surface area contributed by atoms with Crippen LogP contribution in [0.25, 0.3) is 44.4 Å². The van der Waals surface area contributed by atoms with Gasteiger partial charge in [0.15, 0.2) is 0 Å². The third kappa shape index (κ3) is 8.85. The molecular weight excluding hydrogens is 933 g/mol. The fraction of sp³-hybridized carbons (Fsp3) is 0.519. The van der Waals surface area contributed by atoms with Gasteiger partial charge in [0.05, 0.1) is 50.1 Å². The van der Waals surface area contributed by atoms with Crippen molar-refractivity contribution in [2.75, 3.05) is 14.2 Å². The summed E-state index contributed by atoms with van der Waals surface area (Å²) in [6, 6.07) is 17.9. The van der Waals surface area contributed by atoms with Gasteiger partial charge in [-0.2, -0.15) is 0 Å². The van der Waals surface area contributed by atoms with Gasteiger partial charge in [0.1, 0.15) is 23.7 Å². The van der Waals surface area contributed by atoms with E-state index >= 15 is 0 Å². The van der Waals surface area contributed by atoms with Crippen LogP contribution in [0.15, 0.2) is 73.1 Å². The molecule has 2 aliphatic heterocycles. The number of methoxy groups -OCH3 is 2. The van der Waals surface area contributed by atoms with Crippen LogP contribution in [-0.4, -0.2) is 104 Å². The number of rotatable bonds is 11. The minimum absolute atomic E-state index is 0.0221. The third-order valence-corrected chi connectivity index (χ3v) is 17.3. The van der Waals surface area contributed by atoms with Crippen LogP contribution >= 0.6 is 0 Å². The first-order valence-corrected chi connectivity index (χ1v) is 25.3. The summed E-state index contributed by atoms with van der Waals surface area (Å²) in [6.07, 6.45) is 2.60. The van der Waals surface area contributed by atoms with Crippen molar-refractivity contribution in [2.45, 2.75) is 126 Å². The fourth-order valence-corrected chi connectivity index (χ4v) is 12.9. The predicted molar refractivity (Wildman–Crippen MR) is 258 cm³/mol. The number of carbonyl (C=O) groups is 4. The molecule has 4 aliphatic carbocycles. The normalized spacial score (nSPS) is 28.2. The number of H-pyrrole nitrogens is 2. The Morgan fingerprint density at radius 2 is 0.986 bits per heavy atom. The number of amides is 4. The number of benzene rings is 3. The zero-order chi connectivity index (χ0) is 50.4. The summed E-state index contributed by atoms with van der Waals surface area (Å²) in [4.78, 5) is 74.0. The zero-order valence-electron chi connectivity index (χ0n) is 40.7. The maximum atomic E-state index is 14.4. The average Bonchev–Trinajstić information content (AvgIpc) is 3.83. The van der Waals surface area contributed by atoms with Crippen LogP contribution in [0.2, 0.25) is 0 Å². The van der Waals surface area contributed by atoms with E-state index in [4.69, 9.17) is 19.4 Å². The minimum atomic E-state index is -2.78. The molecule has 2 aromatic heterocycles. The largest absolute Gasteiger partial charge is 0.453 e. The van der Waals surface area contributed by atoms with E-state index in [0.29, 0.717) is 24.5 Å². The number of likely N-dealkylation sites (tertiary alicyclic amines) is 2. The number of halogens is 4. The Labute approximate surface area is 414 Å². The SMILES string of the molecule is COC(=O)N[C@H](C(=O)N1[C@@H]2[C@H](C)[C@@H]2C[C@H]1c1ncc(-c2ccc(-c3ccc4cc(-c5cnc([C@@H]6C[C@H]7[C@@H](C)[C@H]7N6C(=O)[C@@H](NC(=O)OC)C6CCC(F)(F)CC6)[nH]5)ccc4c3)cc2)[nH]1)C1CCC(F)(F)CC1. The predicted octanol–water partition coefficient (Wildman–Crippen LogP) is 10.2. The maximum absolute atomic E-state index is 14.4. The van der Waals surface area contributed by atoms with Crippen molar-refractivity contribution in [2.24, 2.45) is 35.5 Å². The molecule has 4 N–H and O–H groups in total. The number of carbonyl (C=O) groups excluding carboxylic acids is 4. The second-order valence-corrected chi connectivity index (χ2v) is 21.4. The van der Waals surface area contributed by atoms with Crippen molar-refractivity contribution in [1.29, 1.82) is 0 Å². The topological polar surface area (TPSA) is 175 Å². The van der Waals surface area contributed by atoms with E-state index in [2.05, 4.69) is 76.9 Å². The Balaban J connectivity index is 0.771. The molecule has 3 aromatic carbocycles. The van der Waals surface area contributed by atoms with Crippen molar-refractivity contribution in [3.8, 4) is 33.6 Å². The first-order valence-electron chi connectivity index (χ1n) is 25.3. The molecule has 6 fully saturated rings. The van der Waals surface area contributed by atoms with E-state index in [9.17, 15) is 36.7 Å². The Morgan fingerprint density at radius 1 is 0.597 bits per heavy atom. The molecule has 0 radical (unpaired) electrons. The summed E-state index contributed by atoms with van der Waals surface area (Å²) in [6.45, 7) is 4.21. The van der Waals surface area contributed by atoms with Crippen LogP contribution < -0.4 is 10.6 Å². The molecule has 0 spiro atoms. The summed E-state index contributed by atoms with van der Waals surface area (Å²) < 4.78 is 66.4. The lowest BCUT2D eigenvalue weighted by Crippen LogP contribution is -2.54. The zero-order valence-corrected chi connectivity index (χ0v) is 40.7. The molecule has 0 unspecified atom stereocenters. The molecule has 72 heavy (non-hydrogen) atoms. The molecule has 11 rings (SSSR count). The van der Waals surface area contributed by atoms with Crippen molar-refractivity contribution < 1.29 is 46.2 Å². The maximum Gasteiger partial charge on any atom is 0.407 e. The Morgan fingerprint density at radius 3 is 1.43 bits per heavy atom. The van der Waals surface area contributed by atoms with Gasteiger partial charge in [0.25, 0.3) is 0 Å². The van der Waals surface area contributed by atoms with Gasteiger partial charge in [-0.05, 0) is 114 Å². The number of ether oxygens (including phenoxy) is 2. The van der Waals surface area contributed by atoms with E-state index in [-0.39, 0.29) is 111 Å². The number of aromatic amines is 2. The Bertz CT molecular complexity index is 2890. The molecule has 6 aliphatic rings. The number of hydrogen-bond donors (Lipinski definition) is 4. The van der Waals surface area contributed by atoms with Gasteiger partial charge in [-0.15, -0.1) is 0 Å². The number of piperidine rings is 2. The summed E-state index contributed by atoms with van der Waals surface area (Å²) in [5.74, 6) is -4.59. The highest BCUT2D eigenvalue weighted by molar-refractivity contribution is 5.91. The van der Waals surface area contributed by atoms with E-state index < -0.39 is 48.0 Å². The molecule has 5 aromatic rings. The van der Waals surface area contributed by atoms with Crippen LogP contribution in [0.4, 0.5) is 27.2 Å². The molecule has 380 valence electrons. The molecular formula is C54H60F4N8O6. The van der Waals surface area contributed by atoms with Gasteiger partial charge in [0, 0.05) is 43.3 Å². The summed E-state index contributed by atoms with van der Waals surface area (Å²) in [5.41, 5.74) is 5.46. The smallest absolute Gasteiger partial charge is 0.407 e. The number of imidazole rings is 2. The first kappa shape index (κ1) is 47.8. The number of alkyl carbamates (subject to hydrolysis) is 2. The lowest BCUT2D eigenvalue weighted by atomic mass is 9.81. The van der Waals surface area contributed by atoms with Crippen LogP contribution in [0.5, 0.6) is 0 Å². The highest BCUT2D eigenvalue weighted by Gasteiger charge is 2.63. The lowest BCUT2D eigenvalue weighted by Gasteiger charge is -2.37. The molecule has 18 heteroatoms. The van der Waals surface area contributed by atoms with Gasteiger partial charge in [-0.25, -0.2) is 37.1 Å². The van der Waals surface area contributed by atoms with Crippen molar-refractivity contribution >= 4 is 34.8 Å². The lowest BCUT2D eigenvalue weighted by molar-refractivity contribution is -0.139. The van der Waals surface area contributed by atoms with E-state index in [1.165, 1.54) is 14.2 Å². The number of hydrogen-bond acceptors (Lipinski definition) is 8. The van der Waals surface area contributed by atoms with Gasteiger partial charge in [-0.3, -0.25) is 9.59 Å². The first-order chi connectivity index (χ1) is 34.5.